The van der Waals surface area contributed by atoms with Crippen molar-refractivity contribution in [2.45, 2.75) is 13.8 Å². The number of amides is 1. The van der Waals surface area contributed by atoms with Crippen molar-refractivity contribution < 1.29 is 4.79 Å². The van der Waals surface area contributed by atoms with Gasteiger partial charge in [-0.2, -0.15) is 10.1 Å². The maximum Gasteiger partial charge on any atom is 0.293 e. The molecule has 2 heterocycles. The number of nitrogen functional groups attached to an aromatic ring is 1. The second-order valence-corrected chi connectivity index (χ2v) is 3.67. The second-order valence-electron chi connectivity index (χ2n) is 3.67. The Balaban J connectivity index is 2.24. The number of nitrogens with two attached hydrogens (primary N) is 1. The fourth-order valence-corrected chi connectivity index (χ4v) is 1.50. The van der Waals surface area contributed by atoms with E-state index < -0.39 is 5.91 Å². The van der Waals surface area contributed by atoms with Crippen LogP contribution in [0.2, 0.25) is 0 Å². The first kappa shape index (κ1) is 11.1. The molecule has 0 saturated carbocycles. The molecule has 0 bridgehead atoms. The van der Waals surface area contributed by atoms with Crippen molar-refractivity contribution in [3.05, 3.63) is 17.2 Å². The summed E-state index contributed by atoms with van der Waals surface area (Å²) in [6, 6.07) is 0. The standard InChI is InChI=1S/C9H13N7O/c1-4-6(5(2)16(3)15-4)11-8(17)7-12-9(10)14-13-7/h1-3H3,(H,11,17)(H3,10,12,13,14). The Labute approximate surface area is 97.2 Å². The molecule has 4 N–H and O–H groups in total. The first-order chi connectivity index (χ1) is 7.99. The van der Waals surface area contributed by atoms with E-state index in [2.05, 4.69) is 25.6 Å². The van der Waals surface area contributed by atoms with Gasteiger partial charge in [0.25, 0.3) is 5.91 Å². The van der Waals surface area contributed by atoms with E-state index in [1.165, 1.54) is 0 Å². The molecule has 0 radical (unpaired) electrons. The minimum atomic E-state index is -0.395. The second kappa shape index (κ2) is 3.89. The van der Waals surface area contributed by atoms with Crippen LogP contribution in [0, 0.1) is 13.8 Å². The lowest BCUT2D eigenvalue weighted by molar-refractivity contribution is 0.101. The molecule has 90 valence electrons. The minimum Gasteiger partial charge on any atom is -0.366 e. The number of hydrogen-bond donors (Lipinski definition) is 3. The molecule has 2 aromatic rings. The number of anilines is 2. The number of aromatic nitrogens is 5. The minimum absolute atomic E-state index is 0.0368. The molecule has 0 atom stereocenters. The van der Waals surface area contributed by atoms with E-state index in [1.807, 2.05) is 20.9 Å². The third-order valence-electron chi connectivity index (χ3n) is 2.47. The average Bonchev–Trinajstić information content (AvgIpc) is 2.79. The summed E-state index contributed by atoms with van der Waals surface area (Å²) in [7, 11) is 1.81. The van der Waals surface area contributed by atoms with Gasteiger partial charge >= 0.3 is 0 Å². The first-order valence-electron chi connectivity index (χ1n) is 4.98. The first-order valence-corrected chi connectivity index (χ1v) is 4.98. The molecule has 2 rings (SSSR count). The lowest BCUT2D eigenvalue weighted by Gasteiger charge is -2.02. The van der Waals surface area contributed by atoms with Crippen LogP contribution in [0.1, 0.15) is 22.0 Å². The summed E-state index contributed by atoms with van der Waals surface area (Å²) in [4.78, 5) is 15.5. The SMILES string of the molecule is Cc1nn(C)c(C)c1NC(=O)c1nc(N)n[nH]1. The van der Waals surface area contributed by atoms with Gasteiger partial charge in [0, 0.05) is 7.05 Å². The quantitative estimate of drug-likeness (QED) is 0.677. The number of carbonyl (C=O) groups excluding carboxylic acids is 1. The van der Waals surface area contributed by atoms with Gasteiger partial charge in [0.15, 0.2) is 0 Å². The topological polar surface area (TPSA) is 115 Å². The monoisotopic (exact) mass is 235 g/mol. The average molecular weight is 235 g/mol. The van der Waals surface area contributed by atoms with Crippen LogP contribution in [0.15, 0.2) is 0 Å². The van der Waals surface area contributed by atoms with E-state index in [-0.39, 0.29) is 11.8 Å². The van der Waals surface area contributed by atoms with Crippen LogP contribution in [-0.2, 0) is 7.05 Å². The van der Waals surface area contributed by atoms with Gasteiger partial charge in [-0.15, -0.1) is 5.10 Å². The van der Waals surface area contributed by atoms with Crippen LogP contribution in [0.3, 0.4) is 0 Å². The highest BCUT2D eigenvalue weighted by Crippen LogP contribution is 2.18. The van der Waals surface area contributed by atoms with Gasteiger partial charge in [-0.1, -0.05) is 0 Å². The Kier molecular flexibility index (Phi) is 2.54. The number of aromatic amines is 1. The fourth-order valence-electron chi connectivity index (χ4n) is 1.50. The number of nitrogens with one attached hydrogen (secondary N) is 2. The Morgan fingerprint density at radius 3 is 2.65 bits per heavy atom. The van der Waals surface area contributed by atoms with Gasteiger partial charge in [-0.05, 0) is 13.8 Å². The van der Waals surface area contributed by atoms with E-state index in [9.17, 15) is 4.79 Å². The van der Waals surface area contributed by atoms with Crippen molar-refractivity contribution in [3.63, 3.8) is 0 Å². The van der Waals surface area contributed by atoms with Gasteiger partial charge in [0.05, 0.1) is 17.1 Å². The lowest BCUT2D eigenvalue weighted by atomic mass is 10.3. The Morgan fingerprint density at radius 1 is 1.47 bits per heavy atom. The molecular weight excluding hydrogens is 222 g/mol. The smallest absolute Gasteiger partial charge is 0.293 e. The number of aryl methyl sites for hydroxylation is 2. The normalized spacial score (nSPS) is 10.5. The molecule has 1 amide bonds. The number of carbonyl (C=O) groups is 1. The maximum atomic E-state index is 11.8. The number of nitrogens with zero attached hydrogens (tertiary/aromatic N) is 4. The molecule has 8 nitrogen and oxygen atoms in total. The summed E-state index contributed by atoms with van der Waals surface area (Å²) in [6.07, 6.45) is 0. The molecule has 0 unspecified atom stereocenters. The predicted molar refractivity (Wildman–Crippen MR) is 61.4 cm³/mol. The predicted octanol–water partition coefficient (Wildman–Crippen LogP) is -0.0105. The maximum absolute atomic E-state index is 11.8. The molecule has 8 heteroatoms. The molecule has 2 aromatic heterocycles. The zero-order valence-electron chi connectivity index (χ0n) is 9.77. The summed E-state index contributed by atoms with van der Waals surface area (Å²) < 4.78 is 1.69. The largest absolute Gasteiger partial charge is 0.366 e. The van der Waals surface area contributed by atoms with E-state index in [0.29, 0.717) is 5.69 Å². The molecule has 0 saturated heterocycles. The third-order valence-corrected chi connectivity index (χ3v) is 2.47. The Morgan fingerprint density at radius 2 is 2.18 bits per heavy atom. The fraction of sp³-hybridized carbons (Fsp3) is 0.333. The summed E-state index contributed by atoms with van der Waals surface area (Å²) in [5, 5.41) is 12.9. The van der Waals surface area contributed by atoms with Crippen molar-refractivity contribution in [2.75, 3.05) is 11.1 Å². The molecule has 17 heavy (non-hydrogen) atoms. The molecule has 0 aliphatic carbocycles. The van der Waals surface area contributed by atoms with E-state index in [1.54, 1.807) is 4.68 Å². The van der Waals surface area contributed by atoms with Gasteiger partial charge in [-0.25, -0.2) is 0 Å². The zero-order valence-corrected chi connectivity index (χ0v) is 9.77. The molecule has 0 aliphatic rings. The summed E-state index contributed by atoms with van der Waals surface area (Å²) in [6.45, 7) is 3.68. The van der Waals surface area contributed by atoms with E-state index in [4.69, 9.17) is 5.73 Å². The van der Waals surface area contributed by atoms with Gasteiger partial charge in [0.2, 0.25) is 11.8 Å². The Hall–Kier alpha value is -2.38. The van der Waals surface area contributed by atoms with Crippen molar-refractivity contribution in [1.82, 2.24) is 25.0 Å². The van der Waals surface area contributed by atoms with Crippen molar-refractivity contribution in [3.8, 4) is 0 Å². The number of H-pyrrole nitrogens is 1. The van der Waals surface area contributed by atoms with E-state index >= 15 is 0 Å². The number of hydrogen-bond acceptors (Lipinski definition) is 5. The van der Waals surface area contributed by atoms with Crippen LogP contribution in [-0.4, -0.2) is 30.9 Å². The highest BCUT2D eigenvalue weighted by atomic mass is 16.2. The summed E-state index contributed by atoms with van der Waals surface area (Å²) in [5.74, 6) is -0.284. The van der Waals surface area contributed by atoms with Crippen LogP contribution in [0.4, 0.5) is 11.6 Å². The summed E-state index contributed by atoms with van der Waals surface area (Å²) >= 11 is 0. The van der Waals surface area contributed by atoms with Crippen LogP contribution in [0.5, 0.6) is 0 Å². The highest BCUT2D eigenvalue weighted by Gasteiger charge is 2.16. The lowest BCUT2D eigenvalue weighted by Crippen LogP contribution is -2.15. The van der Waals surface area contributed by atoms with E-state index in [0.717, 1.165) is 11.4 Å². The van der Waals surface area contributed by atoms with Crippen LogP contribution < -0.4 is 11.1 Å². The van der Waals surface area contributed by atoms with Crippen molar-refractivity contribution in [1.29, 1.82) is 0 Å². The summed E-state index contributed by atoms with van der Waals surface area (Å²) in [5.41, 5.74) is 7.60. The van der Waals surface area contributed by atoms with Gasteiger partial charge < -0.3 is 11.1 Å². The van der Waals surface area contributed by atoms with Crippen molar-refractivity contribution in [2.24, 2.45) is 7.05 Å². The van der Waals surface area contributed by atoms with Crippen molar-refractivity contribution >= 4 is 17.5 Å². The highest BCUT2D eigenvalue weighted by molar-refractivity contribution is 6.02. The van der Waals surface area contributed by atoms with Gasteiger partial charge in [-0.3, -0.25) is 14.6 Å². The number of rotatable bonds is 2. The zero-order chi connectivity index (χ0) is 12.6. The molecular formula is C9H13N7O. The molecule has 0 spiro atoms. The van der Waals surface area contributed by atoms with Crippen LogP contribution in [0.25, 0.3) is 0 Å². The third kappa shape index (κ3) is 1.96. The Bertz CT molecular complexity index is 568. The van der Waals surface area contributed by atoms with Crippen LogP contribution >= 0.6 is 0 Å². The molecule has 0 aliphatic heterocycles. The molecule has 0 aromatic carbocycles. The van der Waals surface area contributed by atoms with Gasteiger partial charge in [0.1, 0.15) is 0 Å². The molecule has 0 fully saturated rings.